The molecule has 1 unspecified atom stereocenters. The number of β-amino-alcohol motifs (C(OH)–C–C–N with tert-alkyl or cyclic N) is 1. The van der Waals surface area contributed by atoms with Crippen LogP contribution in [0, 0.1) is 25.2 Å². The lowest BCUT2D eigenvalue weighted by Gasteiger charge is -2.35. The number of benzene rings is 3. The van der Waals surface area contributed by atoms with Crippen LogP contribution in [0.15, 0.2) is 54.0 Å². The first-order valence-electron chi connectivity index (χ1n) is 27.6. The molecular weight excluding hydrogens is 983 g/mol. The number of piperazine rings is 1. The number of phenols is 2. The maximum absolute atomic E-state index is 14.1. The predicted molar refractivity (Wildman–Crippen MR) is 292 cm³/mol. The van der Waals surface area contributed by atoms with Gasteiger partial charge in [-0.15, -0.1) is 11.3 Å². The SMILES string of the molecule is Cc1ncsc1-c1ccc(CNC(=O)[C@@H]2C[C@@H](O)CN2C(=O)C(NC(=O)CCCCCCCC(=O)N2CCN(Cc3ccc4c(c3)CN(C(=O)c3c(O)cc(O)c(C)c3OCC3CCCCC3)C4)CC2)C(C)(C)C)cc1. The molecule has 0 spiro atoms. The minimum Gasteiger partial charge on any atom is -0.507 e. The Bertz CT molecular complexity index is 2690. The number of aliphatic hydroxyl groups is 1. The van der Waals surface area contributed by atoms with Gasteiger partial charge >= 0.3 is 0 Å². The van der Waals surface area contributed by atoms with E-state index in [9.17, 15) is 39.3 Å². The fourth-order valence-corrected chi connectivity index (χ4v) is 12.0. The zero-order chi connectivity index (χ0) is 54.1. The van der Waals surface area contributed by atoms with Crippen LogP contribution >= 0.6 is 11.3 Å². The molecule has 4 aromatic rings. The zero-order valence-electron chi connectivity index (χ0n) is 45.2. The summed E-state index contributed by atoms with van der Waals surface area (Å²) in [5.41, 5.74) is 7.92. The van der Waals surface area contributed by atoms with Gasteiger partial charge in [-0.3, -0.25) is 28.9 Å². The van der Waals surface area contributed by atoms with Gasteiger partial charge in [-0.05, 0) is 78.7 Å². The number of carbonyl (C=O) groups is 5. The average Bonchev–Trinajstić information content (AvgIpc) is 4.16. The number of aliphatic hydroxyl groups excluding tert-OH is 1. The molecule has 4 heterocycles. The van der Waals surface area contributed by atoms with Crippen molar-refractivity contribution in [3.05, 3.63) is 93.1 Å². The minimum absolute atomic E-state index is 0.0135. The van der Waals surface area contributed by atoms with Gasteiger partial charge in [-0.1, -0.05) is 102 Å². The van der Waals surface area contributed by atoms with Crippen molar-refractivity contribution in [2.75, 3.05) is 39.3 Å². The van der Waals surface area contributed by atoms with E-state index in [-0.39, 0.29) is 78.3 Å². The molecule has 3 aliphatic heterocycles. The Morgan fingerprint density at radius 1 is 0.816 bits per heavy atom. The van der Waals surface area contributed by atoms with Crippen molar-refractivity contribution in [2.24, 2.45) is 11.3 Å². The van der Waals surface area contributed by atoms with E-state index in [1.165, 1.54) is 17.4 Å². The average molecular weight is 1060 g/mol. The summed E-state index contributed by atoms with van der Waals surface area (Å²) in [7, 11) is 0. The van der Waals surface area contributed by atoms with Crippen molar-refractivity contribution in [1.29, 1.82) is 0 Å². The van der Waals surface area contributed by atoms with Gasteiger partial charge < -0.3 is 45.4 Å². The van der Waals surface area contributed by atoms with Crippen LogP contribution in [0.5, 0.6) is 17.2 Å². The largest absolute Gasteiger partial charge is 0.507 e. The third-order valence-corrected chi connectivity index (χ3v) is 16.8. The number of rotatable bonds is 20. The first-order valence-corrected chi connectivity index (χ1v) is 28.4. The number of hydrogen-bond acceptors (Lipinski definition) is 12. The van der Waals surface area contributed by atoms with Crippen molar-refractivity contribution >= 4 is 40.9 Å². The van der Waals surface area contributed by atoms with Crippen molar-refractivity contribution < 1.29 is 44.0 Å². The second-order valence-corrected chi connectivity index (χ2v) is 23.5. The van der Waals surface area contributed by atoms with E-state index in [2.05, 4.69) is 38.7 Å². The maximum Gasteiger partial charge on any atom is 0.262 e. The van der Waals surface area contributed by atoms with E-state index < -0.39 is 23.6 Å². The number of ether oxygens (including phenoxy) is 1. The molecule has 16 nitrogen and oxygen atoms in total. The highest BCUT2D eigenvalue weighted by molar-refractivity contribution is 7.13. The molecule has 3 atom stereocenters. The standard InChI is InChI=1S/C59H79N7O9S/c1-38-48(68)30-49(69)52(53(38)75-36-41-14-10-9-11-15-41)57(73)65-33-44-23-20-42(28-45(44)34-65)32-63-24-26-64(27-25-63)51(71)17-13-8-6-7-12-16-50(70)62-55(59(3,4)5)58(74)66-35-46(67)29-47(66)56(72)60-31-40-18-21-43(22-19-40)54-39(2)61-37-76-54/h18-23,28,30,37,41,46-47,55,67-69H,6-17,24-27,29,31-36H2,1-5H3,(H,60,72)(H,62,70)/t46-,47+,55?/m1/s1. The lowest BCUT2D eigenvalue weighted by Crippen LogP contribution is -2.57. The lowest BCUT2D eigenvalue weighted by molar-refractivity contribution is -0.144. The fraction of sp³-hybridized carbons (Fsp3) is 0.559. The number of thiazole rings is 1. The predicted octanol–water partition coefficient (Wildman–Crippen LogP) is 8.14. The van der Waals surface area contributed by atoms with Crippen LogP contribution in [-0.4, -0.2) is 127 Å². The molecule has 1 aliphatic carbocycles. The molecule has 3 aromatic carbocycles. The van der Waals surface area contributed by atoms with Gasteiger partial charge in [-0.25, -0.2) is 4.98 Å². The van der Waals surface area contributed by atoms with Crippen LogP contribution in [0.25, 0.3) is 10.4 Å². The highest BCUT2D eigenvalue weighted by atomic mass is 32.1. The van der Waals surface area contributed by atoms with E-state index >= 15 is 0 Å². The summed E-state index contributed by atoms with van der Waals surface area (Å²) in [5.74, 6) is -0.854. The fourth-order valence-electron chi connectivity index (χ4n) is 11.2. The zero-order valence-corrected chi connectivity index (χ0v) is 46.0. The molecule has 8 rings (SSSR count). The molecule has 410 valence electrons. The number of aromatic hydroxyl groups is 2. The summed E-state index contributed by atoms with van der Waals surface area (Å²) in [5, 5.41) is 38.0. The number of aromatic nitrogens is 1. The quantitative estimate of drug-likeness (QED) is 0.0535. The van der Waals surface area contributed by atoms with Crippen molar-refractivity contribution in [2.45, 2.75) is 162 Å². The molecule has 4 aliphatic rings. The Morgan fingerprint density at radius 3 is 2.20 bits per heavy atom. The second kappa shape index (κ2) is 25.4. The van der Waals surface area contributed by atoms with E-state index in [1.807, 2.05) is 62.4 Å². The Hall–Kier alpha value is -6.04. The summed E-state index contributed by atoms with van der Waals surface area (Å²) in [6.07, 6.45) is 9.69. The van der Waals surface area contributed by atoms with Gasteiger partial charge in [0.2, 0.25) is 23.6 Å². The number of fused-ring (bicyclic) bond motifs is 1. The Morgan fingerprint density at radius 2 is 1.50 bits per heavy atom. The topological polar surface area (TPSA) is 205 Å². The number of nitrogens with zero attached hydrogens (tertiary/aromatic N) is 5. The van der Waals surface area contributed by atoms with E-state index in [1.54, 1.807) is 23.2 Å². The second-order valence-electron chi connectivity index (χ2n) is 22.7. The summed E-state index contributed by atoms with van der Waals surface area (Å²) in [6, 6.07) is 13.8. The number of hydrogen-bond donors (Lipinski definition) is 5. The van der Waals surface area contributed by atoms with Crippen LogP contribution in [0.4, 0.5) is 0 Å². The van der Waals surface area contributed by atoms with Crippen LogP contribution in [0.2, 0.25) is 0 Å². The van der Waals surface area contributed by atoms with Gasteiger partial charge in [0.15, 0.2) is 0 Å². The van der Waals surface area contributed by atoms with Crippen LogP contribution < -0.4 is 15.4 Å². The summed E-state index contributed by atoms with van der Waals surface area (Å²) < 4.78 is 6.23. The number of amides is 5. The molecule has 17 heteroatoms. The van der Waals surface area contributed by atoms with Gasteiger partial charge in [0, 0.05) is 89.8 Å². The summed E-state index contributed by atoms with van der Waals surface area (Å²) in [4.78, 5) is 81.0. The molecule has 5 N–H and O–H groups in total. The lowest BCUT2D eigenvalue weighted by atomic mass is 9.85. The molecule has 76 heavy (non-hydrogen) atoms. The normalized spacial score (nSPS) is 18.6. The maximum atomic E-state index is 14.1. The minimum atomic E-state index is -0.883. The smallest absolute Gasteiger partial charge is 0.262 e. The van der Waals surface area contributed by atoms with E-state index in [0.717, 1.165) is 109 Å². The van der Waals surface area contributed by atoms with Gasteiger partial charge in [0.1, 0.15) is 34.9 Å². The molecular formula is C59H79N7O9S. The van der Waals surface area contributed by atoms with Crippen molar-refractivity contribution in [3.63, 3.8) is 0 Å². The first kappa shape index (κ1) is 56.2. The third kappa shape index (κ3) is 14.1. The highest BCUT2D eigenvalue weighted by Gasteiger charge is 2.44. The monoisotopic (exact) mass is 1060 g/mol. The van der Waals surface area contributed by atoms with Gasteiger partial charge in [-0.2, -0.15) is 0 Å². The number of unbranched alkanes of at least 4 members (excludes halogenated alkanes) is 4. The number of phenolic OH excluding ortho intramolecular Hbond substituents is 2. The van der Waals surface area contributed by atoms with E-state index in [0.29, 0.717) is 57.1 Å². The van der Waals surface area contributed by atoms with Gasteiger partial charge in [0.05, 0.1) is 28.8 Å². The van der Waals surface area contributed by atoms with Crippen molar-refractivity contribution in [3.8, 4) is 27.7 Å². The van der Waals surface area contributed by atoms with Gasteiger partial charge in [0.25, 0.3) is 5.91 Å². The summed E-state index contributed by atoms with van der Waals surface area (Å²) >= 11 is 1.58. The number of carbonyl (C=O) groups excluding carboxylic acids is 5. The summed E-state index contributed by atoms with van der Waals surface area (Å²) in [6.45, 7) is 14.5. The highest BCUT2D eigenvalue weighted by Crippen LogP contribution is 2.41. The Labute approximate surface area is 452 Å². The number of aryl methyl sites for hydroxylation is 1. The van der Waals surface area contributed by atoms with E-state index in [4.69, 9.17) is 4.74 Å². The number of likely N-dealkylation sites (tertiary alicyclic amines) is 1. The first-order chi connectivity index (χ1) is 36.4. The molecule has 3 fully saturated rings. The molecule has 2 saturated heterocycles. The van der Waals surface area contributed by atoms with Crippen LogP contribution in [0.1, 0.15) is 148 Å². The van der Waals surface area contributed by atoms with Crippen molar-refractivity contribution in [1.82, 2.24) is 35.2 Å². The molecule has 0 bridgehead atoms. The Kier molecular flexibility index (Phi) is 18.8. The number of nitrogens with one attached hydrogen (secondary N) is 2. The van der Waals surface area contributed by atoms with Crippen LogP contribution in [-0.2, 0) is 45.4 Å². The third-order valence-electron chi connectivity index (χ3n) is 15.8. The Balaban J connectivity index is 0.714. The molecule has 0 radical (unpaired) electrons. The molecule has 1 aromatic heterocycles. The van der Waals surface area contributed by atoms with Crippen LogP contribution in [0.3, 0.4) is 0 Å². The molecule has 5 amide bonds. The molecule has 1 saturated carbocycles.